The van der Waals surface area contributed by atoms with Crippen LogP contribution in [0, 0.1) is 0 Å². The molecule has 0 aliphatic heterocycles. The number of fused-ring (bicyclic) bond motifs is 2. The van der Waals surface area contributed by atoms with E-state index in [0.717, 1.165) is 18.4 Å². The molecule has 1 aliphatic rings. The van der Waals surface area contributed by atoms with Crippen molar-refractivity contribution in [1.82, 2.24) is 0 Å². The van der Waals surface area contributed by atoms with Crippen molar-refractivity contribution < 1.29 is 0 Å². The van der Waals surface area contributed by atoms with E-state index >= 15 is 0 Å². The Morgan fingerprint density at radius 1 is 0.913 bits per heavy atom. The molecule has 0 bridgehead atoms. The van der Waals surface area contributed by atoms with E-state index in [9.17, 15) is 0 Å². The predicted octanol–water partition coefficient (Wildman–Crippen LogP) is 6.74. The lowest BCUT2D eigenvalue weighted by molar-refractivity contribution is 0.970. The number of rotatable bonds is 1. The van der Waals surface area contributed by atoms with E-state index in [0.29, 0.717) is 10.0 Å². The normalized spacial score (nSPS) is 15.1. The summed E-state index contributed by atoms with van der Waals surface area (Å²) in [6.07, 6.45) is 4.35. The van der Waals surface area contributed by atoms with Gasteiger partial charge in [0.05, 0.1) is 0 Å². The molecule has 2 aromatic carbocycles. The smallest absolute Gasteiger partial charge is 0.0493 e. The second kappa shape index (κ2) is 6.16. The third-order valence-corrected chi connectivity index (χ3v) is 5.78. The lowest BCUT2D eigenvalue weighted by Gasteiger charge is -2.10. The van der Waals surface area contributed by atoms with Crippen molar-refractivity contribution in [3.05, 3.63) is 91.1 Å². The fourth-order valence-corrected chi connectivity index (χ4v) is 4.53. The molecule has 0 unspecified atom stereocenters. The van der Waals surface area contributed by atoms with Crippen LogP contribution in [0.2, 0.25) is 10.0 Å². The molecule has 0 fully saturated rings. The van der Waals surface area contributed by atoms with Gasteiger partial charge in [0, 0.05) is 20.5 Å². The fourth-order valence-electron chi connectivity index (χ4n) is 3.08. The Morgan fingerprint density at radius 2 is 1.74 bits per heavy atom. The molecule has 1 aromatic heterocycles. The SMILES string of the molecule is Clc1ccc(/C=C2\c3ccccc3CCc3ccsc32)c(Cl)c1. The van der Waals surface area contributed by atoms with E-state index in [1.807, 2.05) is 12.1 Å². The van der Waals surface area contributed by atoms with Crippen LogP contribution in [0.4, 0.5) is 0 Å². The van der Waals surface area contributed by atoms with Gasteiger partial charge >= 0.3 is 0 Å². The van der Waals surface area contributed by atoms with Gasteiger partial charge in [-0.25, -0.2) is 0 Å². The van der Waals surface area contributed by atoms with Crippen LogP contribution in [0.5, 0.6) is 0 Å². The van der Waals surface area contributed by atoms with Gasteiger partial charge in [0.2, 0.25) is 0 Å². The van der Waals surface area contributed by atoms with Gasteiger partial charge in [-0.2, -0.15) is 0 Å². The Balaban J connectivity index is 1.95. The van der Waals surface area contributed by atoms with E-state index in [4.69, 9.17) is 23.2 Å². The first-order valence-corrected chi connectivity index (χ1v) is 9.18. The Bertz CT molecular complexity index is 906. The third-order valence-electron chi connectivity index (χ3n) is 4.22. The third kappa shape index (κ3) is 2.85. The molecular weight excluding hydrogens is 343 g/mol. The average Bonchev–Trinajstić information content (AvgIpc) is 2.96. The highest BCUT2D eigenvalue weighted by atomic mass is 35.5. The first-order valence-electron chi connectivity index (χ1n) is 7.54. The first-order chi connectivity index (χ1) is 11.2. The molecule has 3 heteroatoms. The van der Waals surface area contributed by atoms with Gasteiger partial charge in [-0.3, -0.25) is 0 Å². The predicted molar refractivity (Wildman–Crippen MR) is 102 cm³/mol. The van der Waals surface area contributed by atoms with E-state index in [2.05, 4.69) is 41.8 Å². The van der Waals surface area contributed by atoms with Crippen molar-refractivity contribution in [3.8, 4) is 0 Å². The van der Waals surface area contributed by atoms with Crippen LogP contribution >= 0.6 is 34.5 Å². The summed E-state index contributed by atoms with van der Waals surface area (Å²) >= 11 is 14.2. The van der Waals surface area contributed by atoms with Crippen LogP contribution in [0.3, 0.4) is 0 Å². The van der Waals surface area contributed by atoms with E-state index in [1.165, 1.54) is 27.1 Å². The van der Waals surface area contributed by atoms with Gasteiger partial charge in [-0.05, 0) is 64.8 Å². The lowest BCUT2D eigenvalue weighted by atomic mass is 9.97. The maximum Gasteiger partial charge on any atom is 0.0493 e. The molecule has 0 spiro atoms. The van der Waals surface area contributed by atoms with Gasteiger partial charge in [0.15, 0.2) is 0 Å². The number of benzene rings is 2. The summed E-state index contributed by atoms with van der Waals surface area (Å²) in [5.74, 6) is 0. The molecule has 114 valence electrons. The number of halogens is 2. The molecule has 0 saturated heterocycles. The van der Waals surface area contributed by atoms with E-state index in [1.54, 1.807) is 17.4 Å². The Labute approximate surface area is 150 Å². The lowest BCUT2D eigenvalue weighted by Crippen LogP contribution is -1.91. The summed E-state index contributed by atoms with van der Waals surface area (Å²) < 4.78 is 0. The molecule has 0 saturated carbocycles. The number of aryl methyl sites for hydroxylation is 2. The van der Waals surface area contributed by atoms with Crippen molar-refractivity contribution >= 4 is 46.2 Å². The van der Waals surface area contributed by atoms with Crippen molar-refractivity contribution in [2.45, 2.75) is 12.8 Å². The molecule has 0 N–H and O–H groups in total. The van der Waals surface area contributed by atoms with Gasteiger partial charge in [-0.1, -0.05) is 53.5 Å². The van der Waals surface area contributed by atoms with Crippen LogP contribution in [-0.4, -0.2) is 0 Å². The standard InChI is InChI=1S/C20H14Cl2S/c21-16-8-7-15(19(22)12-16)11-18-17-4-2-1-3-13(17)5-6-14-9-10-23-20(14)18/h1-4,7-12H,5-6H2/b18-11+. The van der Waals surface area contributed by atoms with E-state index in [-0.39, 0.29) is 0 Å². The zero-order valence-electron chi connectivity index (χ0n) is 12.4. The zero-order valence-corrected chi connectivity index (χ0v) is 14.7. The minimum absolute atomic E-state index is 0.662. The average molecular weight is 357 g/mol. The summed E-state index contributed by atoms with van der Waals surface area (Å²) in [5, 5.41) is 3.52. The van der Waals surface area contributed by atoms with Crippen LogP contribution in [0.1, 0.15) is 27.1 Å². The summed E-state index contributed by atoms with van der Waals surface area (Å²) in [7, 11) is 0. The monoisotopic (exact) mass is 356 g/mol. The maximum atomic E-state index is 6.39. The van der Waals surface area contributed by atoms with Crippen LogP contribution in [0.25, 0.3) is 11.6 Å². The summed E-state index contributed by atoms with van der Waals surface area (Å²) in [6.45, 7) is 0. The Hall–Kier alpha value is -1.54. The van der Waals surface area contributed by atoms with Gasteiger partial charge in [-0.15, -0.1) is 11.3 Å². The first kappa shape index (κ1) is 15.0. The minimum atomic E-state index is 0.662. The van der Waals surface area contributed by atoms with Crippen molar-refractivity contribution in [1.29, 1.82) is 0 Å². The van der Waals surface area contributed by atoms with Gasteiger partial charge in [0.1, 0.15) is 0 Å². The molecule has 0 atom stereocenters. The highest BCUT2D eigenvalue weighted by Gasteiger charge is 2.19. The highest BCUT2D eigenvalue weighted by molar-refractivity contribution is 7.11. The van der Waals surface area contributed by atoms with Gasteiger partial charge < -0.3 is 0 Å². The summed E-state index contributed by atoms with van der Waals surface area (Å²) in [6, 6.07) is 16.6. The largest absolute Gasteiger partial charge is 0.144 e. The second-order valence-electron chi connectivity index (χ2n) is 5.66. The number of hydrogen-bond donors (Lipinski definition) is 0. The van der Waals surface area contributed by atoms with Crippen molar-refractivity contribution in [2.24, 2.45) is 0 Å². The molecular formula is C20H14Cl2S. The van der Waals surface area contributed by atoms with Crippen LogP contribution in [-0.2, 0) is 12.8 Å². The molecule has 0 radical (unpaired) electrons. The fraction of sp³-hybridized carbons (Fsp3) is 0.100. The topological polar surface area (TPSA) is 0 Å². The molecule has 0 amide bonds. The molecule has 23 heavy (non-hydrogen) atoms. The number of hydrogen-bond acceptors (Lipinski definition) is 1. The van der Waals surface area contributed by atoms with Crippen LogP contribution < -0.4 is 0 Å². The Kier molecular flexibility index (Phi) is 4.02. The molecule has 4 rings (SSSR count). The summed E-state index contributed by atoms with van der Waals surface area (Å²) in [5.41, 5.74) is 6.38. The molecule has 1 aliphatic carbocycles. The van der Waals surface area contributed by atoms with Crippen LogP contribution in [0.15, 0.2) is 53.9 Å². The minimum Gasteiger partial charge on any atom is -0.144 e. The van der Waals surface area contributed by atoms with Crippen molar-refractivity contribution in [3.63, 3.8) is 0 Å². The van der Waals surface area contributed by atoms with E-state index < -0.39 is 0 Å². The molecule has 1 heterocycles. The molecule has 3 aromatic rings. The van der Waals surface area contributed by atoms with Crippen molar-refractivity contribution in [2.75, 3.05) is 0 Å². The van der Waals surface area contributed by atoms with Gasteiger partial charge in [0.25, 0.3) is 0 Å². The number of thiophene rings is 1. The second-order valence-corrected chi connectivity index (χ2v) is 7.42. The maximum absolute atomic E-state index is 6.39. The quantitative estimate of drug-likeness (QED) is 0.452. The summed E-state index contributed by atoms with van der Waals surface area (Å²) in [4.78, 5) is 1.35. The molecule has 0 nitrogen and oxygen atoms in total. The Morgan fingerprint density at radius 3 is 2.61 bits per heavy atom. The zero-order chi connectivity index (χ0) is 15.8. The highest BCUT2D eigenvalue weighted by Crippen LogP contribution is 2.38.